The highest BCUT2D eigenvalue weighted by Gasteiger charge is 2.07. The number of urea groups is 1. The number of carbonyl (C=O) groups is 1. The van der Waals surface area contributed by atoms with Crippen LogP contribution in [0.5, 0.6) is 0 Å². The van der Waals surface area contributed by atoms with Crippen molar-refractivity contribution < 1.29 is 4.79 Å². The van der Waals surface area contributed by atoms with Gasteiger partial charge in [0.15, 0.2) is 0 Å². The average Bonchev–Trinajstić information content (AvgIpc) is 3.40. The van der Waals surface area contributed by atoms with Gasteiger partial charge in [0.1, 0.15) is 5.01 Å². The van der Waals surface area contributed by atoms with E-state index in [4.69, 9.17) is 0 Å². The van der Waals surface area contributed by atoms with Gasteiger partial charge in [-0.05, 0) is 29.8 Å². The normalized spacial score (nSPS) is 10.5. The van der Waals surface area contributed by atoms with Gasteiger partial charge in [0.2, 0.25) is 0 Å². The predicted molar refractivity (Wildman–Crippen MR) is 107 cm³/mol. The summed E-state index contributed by atoms with van der Waals surface area (Å²) in [6.07, 6.45) is 5.31. The predicted octanol–water partition coefficient (Wildman–Crippen LogP) is 4.52. The summed E-state index contributed by atoms with van der Waals surface area (Å²) in [6.45, 7) is 0.418. The molecule has 134 valence electrons. The molecule has 0 aliphatic heterocycles. The monoisotopic (exact) mass is 375 g/mol. The Morgan fingerprint density at radius 3 is 2.56 bits per heavy atom. The van der Waals surface area contributed by atoms with Crippen LogP contribution in [0.4, 0.5) is 10.5 Å². The van der Waals surface area contributed by atoms with E-state index >= 15 is 0 Å². The molecule has 2 heterocycles. The zero-order valence-corrected chi connectivity index (χ0v) is 15.2. The maximum Gasteiger partial charge on any atom is 0.319 e. The molecule has 0 saturated heterocycles. The van der Waals surface area contributed by atoms with Crippen LogP contribution in [0, 0.1) is 0 Å². The Balaban J connectivity index is 1.39. The Bertz CT molecular complexity index is 1010. The third-order valence-corrected chi connectivity index (χ3v) is 5.06. The molecule has 7 heteroatoms. The maximum atomic E-state index is 12.0. The lowest BCUT2D eigenvalue weighted by molar-refractivity contribution is 0.251. The highest BCUT2D eigenvalue weighted by molar-refractivity contribution is 7.18. The minimum atomic E-state index is -0.260. The summed E-state index contributed by atoms with van der Waals surface area (Å²) in [5.74, 6) is 0. The van der Waals surface area contributed by atoms with E-state index in [9.17, 15) is 4.79 Å². The second-order valence-electron chi connectivity index (χ2n) is 5.89. The largest absolute Gasteiger partial charge is 0.334 e. The molecule has 0 atom stereocenters. The van der Waals surface area contributed by atoms with Crippen molar-refractivity contribution in [2.24, 2.45) is 0 Å². The first kappa shape index (κ1) is 17.0. The van der Waals surface area contributed by atoms with Crippen molar-refractivity contribution in [2.75, 3.05) is 5.32 Å². The summed E-state index contributed by atoms with van der Waals surface area (Å²) >= 11 is 1.65. The third kappa shape index (κ3) is 4.21. The number of hydrogen-bond donors (Lipinski definition) is 3. The summed E-state index contributed by atoms with van der Waals surface area (Å²) in [5, 5.41) is 13.1. The van der Waals surface area contributed by atoms with Gasteiger partial charge in [-0.1, -0.05) is 30.3 Å². The fourth-order valence-corrected chi connectivity index (χ4v) is 3.50. The number of anilines is 1. The van der Waals surface area contributed by atoms with Gasteiger partial charge in [-0.25, -0.2) is 9.78 Å². The molecule has 0 aliphatic rings. The fourth-order valence-electron chi connectivity index (χ4n) is 2.57. The molecule has 0 radical (unpaired) electrons. The van der Waals surface area contributed by atoms with Crippen LogP contribution < -0.4 is 10.6 Å². The van der Waals surface area contributed by atoms with Crippen LogP contribution in [-0.4, -0.2) is 21.2 Å². The van der Waals surface area contributed by atoms with Crippen molar-refractivity contribution in [3.05, 3.63) is 78.8 Å². The van der Waals surface area contributed by atoms with Crippen LogP contribution >= 0.6 is 11.3 Å². The van der Waals surface area contributed by atoms with Crippen molar-refractivity contribution in [3.63, 3.8) is 0 Å². The summed E-state index contributed by atoms with van der Waals surface area (Å²) in [4.78, 5) is 17.6. The number of H-pyrrole nitrogens is 1. The average molecular weight is 375 g/mol. The smallest absolute Gasteiger partial charge is 0.319 e. The van der Waals surface area contributed by atoms with Crippen LogP contribution in [0.3, 0.4) is 0 Å². The molecule has 6 nitrogen and oxygen atoms in total. The van der Waals surface area contributed by atoms with Crippen LogP contribution in [-0.2, 0) is 6.54 Å². The van der Waals surface area contributed by atoms with Gasteiger partial charge in [-0.15, -0.1) is 11.3 Å². The number of carbonyl (C=O) groups excluding carboxylic acids is 1. The van der Waals surface area contributed by atoms with Crippen molar-refractivity contribution in [1.29, 1.82) is 0 Å². The SMILES string of the molecule is O=C(NCc1cn[nH]c1)Nc1ccc(-c2ncc(-c3ccccc3)s2)cc1. The highest BCUT2D eigenvalue weighted by Crippen LogP contribution is 2.32. The molecule has 2 aromatic heterocycles. The van der Waals surface area contributed by atoms with E-state index in [2.05, 4.69) is 37.9 Å². The second-order valence-corrected chi connectivity index (χ2v) is 6.92. The third-order valence-electron chi connectivity index (χ3n) is 3.96. The number of nitrogens with zero attached hydrogens (tertiary/aromatic N) is 2. The Kier molecular flexibility index (Phi) is 4.93. The van der Waals surface area contributed by atoms with Crippen LogP contribution in [0.1, 0.15) is 5.56 Å². The van der Waals surface area contributed by atoms with Crippen molar-refractivity contribution in [3.8, 4) is 21.0 Å². The first-order valence-electron chi connectivity index (χ1n) is 8.42. The number of rotatable bonds is 5. The molecular weight excluding hydrogens is 358 g/mol. The molecule has 0 unspecified atom stereocenters. The van der Waals surface area contributed by atoms with E-state index < -0.39 is 0 Å². The standard InChI is InChI=1S/C20H17N5OS/c26-20(22-10-14-11-23-24-12-14)25-17-8-6-16(7-9-17)19-21-13-18(27-19)15-4-2-1-3-5-15/h1-9,11-13H,10H2,(H,23,24)(H2,22,25,26). The zero-order valence-electron chi connectivity index (χ0n) is 14.3. The number of nitrogens with one attached hydrogen (secondary N) is 3. The topological polar surface area (TPSA) is 82.7 Å². The van der Waals surface area contributed by atoms with E-state index in [0.717, 1.165) is 32.3 Å². The number of aromatic nitrogens is 3. The lowest BCUT2D eigenvalue weighted by Gasteiger charge is -2.07. The Hall–Kier alpha value is -3.45. The van der Waals surface area contributed by atoms with Gasteiger partial charge in [0.25, 0.3) is 0 Å². The number of aromatic amines is 1. The molecule has 4 rings (SSSR count). The molecule has 0 bridgehead atoms. The molecular formula is C20H17N5OS. The molecule has 0 aliphatic carbocycles. The zero-order chi connectivity index (χ0) is 18.5. The van der Waals surface area contributed by atoms with E-state index in [1.165, 1.54) is 0 Å². The van der Waals surface area contributed by atoms with E-state index in [0.29, 0.717) is 6.54 Å². The van der Waals surface area contributed by atoms with Crippen molar-refractivity contribution in [1.82, 2.24) is 20.5 Å². The van der Waals surface area contributed by atoms with Gasteiger partial charge in [-0.3, -0.25) is 5.10 Å². The molecule has 3 N–H and O–H groups in total. The minimum absolute atomic E-state index is 0.260. The summed E-state index contributed by atoms with van der Waals surface area (Å²) in [5.41, 5.74) is 3.82. The number of benzene rings is 2. The molecule has 0 saturated carbocycles. The lowest BCUT2D eigenvalue weighted by atomic mass is 10.2. The van der Waals surface area contributed by atoms with Crippen LogP contribution in [0.15, 0.2) is 73.2 Å². The molecule has 0 spiro atoms. The first-order chi connectivity index (χ1) is 13.3. The van der Waals surface area contributed by atoms with E-state index in [-0.39, 0.29) is 6.03 Å². The Labute approximate surface area is 160 Å². The summed E-state index contributed by atoms with van der Waals surface area (Å²) < 4.78 is 0. The van der Waals surface area contributed by atoms with Crippen molar-refractivity contribution in [2.45, 2.75) is 6.54 Å². The minimum Gasteiger partial charge on any atom is -0.334 e. The van der Waals surface area contributed by atoms with Gasteiger partial charge < -0.3 is 10.6 Å². The fraction of sp³-hybridized carbons (Fsp3) is 0.0500. The molecule has 0 fully saturated rings. The van der Waals surface area contributed by atoms with E-state index in [1.54, 1.807) is 23.7 Å². The number of amides is 2. The van der Waals surface area contributed by atoms with Crippen LogP contribution in [0.2, 0.25) is 0 Å². The second kappa shape index (κ2) is 7.84. The van der Waals surface area contributed by atoms with Gasteiger partial charge in [0.05, 0.1) is 11.1 Å². The Morgan fingerprint density at radius 2 is 1.81 bits per heavy atom. The van der Waals surface area contributed by atoms with Gasteiger partial charge >= 0.3 is 6.03 Å². The Morgan fingerprint density at radius 1 is 1.00 bits per heavy atom. The van der Waals surface area contributed by atoms with Gasteiger partial charge in [0, 0.05) is 35.8 Å². The number of thiazole rings is 1. The molecule has 2 amide bonds. The first-order valence-corrected chi connectivity index (χ1v) is 9.24. The highest BCUT2D eigenvalue weighted by atomic mass is 32.1. The lowest BCUT2D eigenvalue weighted by Crippen LogP contribution is -2.27. The summed E-state index contributed by atoms with van der Waals surface area (Å²) in [6, 6.07) is 17.6. The van der Waals surface area contributed by atoms with Crippen LogP contribution in [0.25, 0.3) is 21.0 Å². The molecule has 27 heavy (non-hydrogen) atoms. The van der Waals surface area contributed by atoms with Crippen molar-refractivity contribution >= 4 is 23.1 Å². The summed E-state index contributed by atoms with van der Waals surface area (Å²) in [7, 11) is 0. The maximum absolute atomic E-state index is 12.0. The quantitative estimate of drug-likeness (QED) is 0.479. The molecule has 4 aromatic rings. The molecule has 2 aromatic carbocycles. The number of hydrogen-bond acceptors (Lipinski definition) is 4. The van der Waals surface area contributed by atoms with Gasteiger partial charge in [-0.2, -0.15) is 5.10 Å². The van der Waals surface area contributed by atoms with E-state index in [1.807, 2.05) is 48.7 Å².